The molecule has 3 aliphatic heterocycles. The van der Waals surface area contributed by atoms with Gasteiger partial charge in [0.2, 0.25) is 0 Å². The zero-order valence-corrected chi connectivity index (χ0v) is 21.1. The van der Waals surface area contributed by atoms with E-state index in [4.69, 9.17) is 16.3 Å². The lowest BCUT2D eigenvalue weighted by Crippen LogP contribution is -2.54. The highest BCUT2D eigenvalue weighted by Crippen LogP contribution is 2.49. The number of nitrogens with one attached hydrogen (secondary N) is 2. The summed E-state index contributed by atoms with van der Waals surface area (Å²) in [6, 6.07) is 2.09. The average molecular weight is 507 g/mol. The van der Waals surface area contributed by atoms with E-state index in [2.05, 4.69) is 27.7 Å². The van der Waals surface area contributed by atoms with Crippen LogP contribution in [0.2, 0.25) is 5.02 Å². The number of likely N-dealkylation sites (tertiary alicyclic amines) is 1. The Bertz CT molecular complexity index is 1130. The van der Waals surface area contributed by atoms with Crippen LogP contribution in [0, 0.1) is 11.3 Å². The maximum atomic E-state index is 13.6. The molecule has 192 valence electrons. The number of hydrogen-bond donors (Lipinski definition) is 2. The zero-order chi connectivity index (χ0) is 24.2. The summed E-state index contributed by atoms with van der Waals surface area (Å²) in [6.45, 7) is 4.24. The number of alkyl halides is 1. The van der Waals surface area contributed by atoms with Crippen LogP contribution < -0.4 is 16.5 Å². The Hall–Kier alpha value is -1.49. The van der Waals surface area contributed by atoms with Crippen LogP contribution in [0.4, 0.5) is 4.39 Å². The summed E-state index contributed by atoms with van der Waals surface area (Å²) in [5, 5.41) is 0.577. The van der Waals surface area contributed by atoms with E-state index in [1.807, 2.05) is 23.0 Å². The highest BCUT2D eigenvalue weighted by molar-refractivity contribution is 6.33. The Morgan fingerprint density at radius 3 is 2.80 bits per heavy atom. The molecule has 1 saturated carbocycles. The maximum absolute atomic E-state index is 13.6. The van der Waals surface area contributed by atoms with Gasteiger partial charge in [-0.3, -0.25) is 18.8 Å². The second-order valence-corrected chi connectivity index (χ2v) is 11.6. The number of fused-ring (bicyclic) bond motifs is 1. The predicted octanol–water partition coefficient (Wildman–Crippen LogP) is 2.76. The van der Waals surface area contributed by atoms with Crippen molar-refractivity contribution in [1.82, 2.24) is 29.6 Å². The molecule has 0 amide bonds. The van der Waals surface area contributed by atoms with E-state index in [1.165, 1.54) is 6.42 Å². The summed E-state index contributed by atoms with van der Waals surface area (Å²) < 4.78 is 23.0. The van der Waals surface area contributed by atoms with Crippen LogP contribution in [0.1, 0.15) is 50.1 Å². The normalized spacial score (nSPS) is 31.9. The highest BCUT2D eigenvalue weighted by atomic mass is 35.5. The van der Waals surface area contributed by atoms with Gasteiger partial charge in [-0.1, -0.05) is 18.0 Å². The van der Waals surface area contributed by atoms with Crippen molar-refractivity contribution in [2.24, 2.45) is 11.3 Å². The maximum Gasteiger partial charge on any atom is 0.333 e. The van der Waals surface area contributed by atoms with E-state index < -0.39 is 6.17 Å². The smallest absolute Gasteiger partial charge is 0.333 e. The van der Waals surface area contributed by atoms with E-state index in [9.17, 15) is 9.18 Å². The molecular weight excluding hydrogens is 471 g/mol. The number of hydrazine groups is 1. The fourth-order valence-electron chi connectivity index (χ4n) is 6.71. The van der Waals surface area contributed by atoms with Gasteiger partial charge in [0.05, 0.1) is 36.6 Å². The molecule has 0 radical (unpaired) electrons. The Balaban J connectivity index is 1.23. The lowest BCUT2D eigenvalue weighted by atomic mass is 9.64. The molecule has 6 rings (SSSR count). The van der Waals surface area contributed by atoms with Crippen LogP contribution in [-0.2, 0) is 11.3 Å². The predicted molar refractivity (Wildman–Crippen MR) is 133 cm³/mol. The Kier molecular flexibility index (Phi) is 6.43. The third-order valence-corrected chi connectivity index (χ3v) is 9.14. The minimum absolute atomic E-state index is 0.0282. The first kappa shape index (κ1) is 23.9. The van der Waals surface area contributed by atoms with Gasteiger partial charge in [0, 0.05) is 43.5 Å². The third kappa shape index (κ3) is 4.45. The summed E-state index contributed by atoms with van der Waals surface area (Å²) in [6.07, 6.45) is 9.28. The van der Waals surface area contributed by atoms with Crippen molar-refractivity contribution in [3.8, 4) is 0 Å². The monoisotopic (exact) mass is 506 g/mol. The summed E-state index contributed by atoms with van der Waals surface area (Å²) in [4.78, 5) is 17.9. The minimum atomic E-state index is -0.761. The number of rotatable bonds is 6. The van der Waals surface area contributed by atoms with Gasteiger partial charge < -0.3 is 4.74 Å². The van der Waals surface area contributed by atoms with Crippen LogP contribution in [0.15, 0.2) is 23.3 Å². The van der Waals surface area contributed by atoms with Gasteiger partial charge in [-0.25, -0.2) is 20.0 Å². The van der Waals surface area contributed by atoms with Crippen LogP contribution >= 0.6 is 11.6 Å². The molecule has 2 aromatic rings. The van der Waals surface area contributed by atoms with Gasteiger partial charge in [0.1, 0.15) is 6.17 Å². The van der Waals surface area contributed by atoms with Crippen molar-refractivity contribution < 1.29 is 9.13 Å². The first-order valence-corrected chi connectivity index (χ1v) is 13.3. The molecule has 0 aromatic carbocycles. The van der Waals surface area contributed by atoms with E-state index in [0.717, 1.165) is 63.2 Å². The van der Waals surface area contributed by atoms with Gasteiger partial charge in [-0.05, 0) is 56.7 Å². The largest absolute Gasteiger partial charge is 0.380 e. The molecule has 0 bridgehead atoms. The standard InChI is InChI=1S/C25H36ClFN6O2/c1-30-16-28-29-23(30)9-25(14-35-15-25)18-3-2-4-20(8-18)32-13-22-21(26)7-17(11-33(22)24(32)34)10-31-6-5-19(27)12-31/h7,11,13,18-20,23,28-29H,2-6,8-10,12,14-16H2,1H3/t18?,19-,20?,23?/m0/s1. The van der Waals surface area contributed by atoms with Gasteiger partial charge in [0.25, 0.3) is 0 Å². The molecule has 2 aromatic heterocycles. The van der Waals surface area contributed by atoms with E-state index in [0.29, 0.717) is 36.6 Å². The summed E-state index contributed by atoms with van der Waals surface area (Å²) in [5.41, 5.74) is 8.47. The number of halogens is 2. The molecule has 1 aliphatic carbocycles. The van der Waals surface area contributed by atoms with E-state index in [-0.39, 0.29) is 17.1 Å². The van der Waals surface area contributed by atoms with Gasteiger partial charge >= 0.3 is 5.69 Å². The fraction of sp³-hybridized carbons (Fsp3) is 0.720. The highest BCUT2D eigenvalue weighted by Gasteiger charge is 2.49. The Morgan fingerprint density at radius 1 is 1.26 bits per heavy atom. The molecule has 4 atom stereocenters. The third-order valence-electron chi connectivity index (χ3n) is 8.83. The average Bonchev–Trinajstić information content (AvgIpc) is 3.50. The van der Waals surface area contributed by atoms with E-state index in [1.54, 1.807) is 4.40 Å². The Morgan fingerprint density at radius 2 is 2.11 bits per heavy atom. The van der Waals surface area contributed by atoms with Crippen molar-refractivity contribution in [3.05, 3.63) is 39.5 Å². The molecular formula is C25H36ClFN6O2. The molecule has 8 nitrogen and oxygen atoms in total. The number of nitrogens with zero attached hydrogens (tertiary/aromatic N) is 4. The first-order chi connectivity index (χ1) is 16.9. The molecule has 35 heavy (non-hydrogen) atoms. The number of imidazole rings is 1. The number of ether oxygens (including phenoxy) is 1. The Labute approximate surface area is 210 Å². The van der Waals surface area contributed by atoms with Crippen LogP contribution in [-0.4, -0.2) is 71.1 Å². The molecule has 3 saturated heterocycles. The van der Waals surface area contributed by atoms with Gasteiger partial charge in [-0.15, -0.1) is 0 Å². The summed E-state index contributed by atoms with van der Waals surface area (Å²) in [7, 11) is 2.14. The minimum Gasteiger partial charge on any atom is -0.380 e. The second-order valence-electron chi connectivity index (χ2n) is 11.2. The van der Waals surface area contributed by atoms with Gasteiger partial charge in [0.15, 0.2) is 0 Å². The second kappa shape index (κ2) is 9.43. The molecule has 4 aliphatic rings. The molecule has 4 fully saturated rings. The summed E-state index contributed by atoms with van der Waals surface area (Å²) >= 11 is 6.64. The SMILES string of the molecule is CN1CNNC1CC1(C2CCCC(n3cc4c(Cl)cc(CN5CC[C@H](F)C5)cn4c3=O)C2)COC1. The van der Waals surface area contributed by atoms with Crippen molar-refractivity contribution in [2.45, 2.75) is 63.4 Å². The van der Waals surface area contributed by atoms with Crippen molar-refractivity contribution in [1.29, 1.82) is 0 Å². The molecule has 10 heteroatoms. The zero-order valence-electron chi connectivity index (χ0n) is 20.4. The van der Waals surface area contributed by atoms with E-state index >= 15 is 0 Å². The first-order valence-electron chi connectivity index (χ1n) is 13.0. The molecule has 0 spiro atoms. The van der Waals surface area contributed by atoms with Crippen LogP contribution in [0.25, 0.3) is 5.52 Å². The number of aromatic nitrogens is 2. The van der Waals surface area contributed by atoms with Crippen molar-refractivity contribution in [2.75, 3.05) is 40.0 Å². The molecule has 5 heterocycles. The lowest BCUT2D eigenvalue weighted by molar-refractivity contribution is -0.167. The number of pyridine rings is 1. The molecule has 2 N–H and O–H groups in total. The van der Waals surface area contributed by atoms with Crippen LogP contribution in [0.3, 0.4) is 0 Å². The van der Waals surface area contributed by atoms with Crippen LogP contribution in [0.5, 0.6) is 0 Å². The fourth-order valence-corrected chi connectivity index (χ4v) is 6.99. The van der Waals surface area contributed by atoms with Crippen molar-refractivity contribution in [3.63, 3.8) is 0 Å². The molecule has 3 unspecified atom stereocenters. The quantitative estimate of drug-likeness (QED) is 0.628. The van der Waals surface area contributed by atoms with Crippen molar-refractivity contribution >= 4 is 17.1 Å². The lowest BCUT2D eigenvalue weighted by Gasteiger charge is -2.51. The number of hydrogen-bond acceptors (Lipinski definition) is 6. The topological polar surface area (TPSA) is 66.2 Å². The van der Waals surface area contributed by atoms with Gasteiger partial charge in [-0.2, -0.15) is 0 Å². The summed E-state index contributed by atoms with van der Waals surface area (Å²) in [5.74, 6) is 0.524.